The minimum absolute atomic E-state index is 0.444. The van der Waals surface area contributed by atoms with E-state index in [-0.39, 0.29) is 0 Å². The van der Waals surface area contributed by atoms with Crippen molar-refractivity contribution >= 4 is 0 Å². The Kier molecular flexibility index (Phi) is 3.03. The third-order valence-electron chi connectivity index (χ3n) is 4.02. The summed E-state index contributed by atoms with van der Waals surface area (Å²) in [5, 5.41) is 0. The Hall–Kier alpha value is -0.0800. The highest BCUT2D eigenvalue weighted by Crippen LogP contribution is 2.32. The molecule has 1 fully saturated rings. The lowest BCUT2D eigenvalue weighted by Crippen LogP contribution is -2.58. The molecule has 1 aliphatic heterocycles. The van der Waals surface area contributed by atoms with Crippen molar-refractivity contribution in [2.24, 2.45) is 0 Å². The topological polar surface area (TPSA) is 3.24 Å². The van der Waals surface area contributed by atoms with Crippen LogP contribution in [-0.2, 0) is 0 Å². The van der Waals surface area contributed by atoms with Crippen molar-refractivity contribution in [1.29, 1.82) is 0 Å². The quantitative estimate of drug-likeness (QED) is 0.607. The zero-order chi connectivity index (χ0) is 10.1. The lowest BCUT2D eigenvalue weighted by molar-refractivity contribution is -0.959. The van der Waals surface area contributed by atoms with E-state index < -0.39 is 0 Å². The third-order valence-corrected chi connectivity index (χ3v) is 4.02. The summed E-state index contributed by atoms with van der Waals surface area (Å²) in [6, 6.07) is 0. The average Bonchev–Trinajstić information content (AvgIpc) is 2.37. The molecule has 13 heavy (non-hydrogen) atoms. The maximum Gasteiger partial charge on any atom is 0.135 e. The minimum Gasteiger partial charge on any atom is -0.306 e. The molecule has 0 aliphatic carbocycles. The van der Waals surface area contributed by atoms with Crippen molar-refractivity contribution in [3.63, 3.8) is 0 Å². The fourth-order valence-electron chi connectivity index (χ4n) is 2.81. The first-order valence-electron chi connectivity index (χ1n) is 5.60. The van der Waals surface area contributed by atoms with Crippen LogP contribution >= 0.6 is 0 Å². The van der Waals surface area contributed by atoms with Crippen LogP contribution in [0.3, 0.4) is 0 Å². The smallest absolute Gasteiger partial charge is 0.135 e. The highest BCUT2D eigenvalue weighted by Gasteiger charge is 2.48. The Bertz CT molecular complexity index is 171. The molecule has 0 spiro atoms. The van der Waals surface area contributed by atoms with E-state index in [1.165, 1.54) is 37.3 Å². The van der Waals surface area contributed by atoms with E-state index >= 15 is 0 Å². The highest BCUT2D eigenvalue weighted by atomic mass is 15.5. The summed E-state index contributed by atoms with van der Waals surface area (Å²) in [7, 11) is 0. The lowest BCUT2D eigenvalue weighted by atomic mass is 10.0. The van der Waals surface area contributed by atoms with Crippen LogP contribution in [0.2, 0.25) is 0 Å². The maximum absolute atomic E-state index is 2.58. The second kappa shape index (κ2) is 3.58. The first-order valence-corrected chi connectivity index (χ1v) is 5.60. The van der Waals surface area contributed by atoms with Gasteiger partial charge in [0.2, 0.25) is 0 Å². The summed E-state index contributed by atoms with van der Waals surface area (Å²) in [4.78, 5) is 2.58. The first kappa shape index (κ1) is 11.0. The molecule has 0 atom stereocenters. The van der Waals surface area contributed by atoms with Gasteiger partial charge in [0.15, 0.2) is 0 Å². The molecule has 78 valence electrons. The molecule has 0 saturated carbocycles. The molecule has 0 radical (unpaired) electrons. The fraction of sp³-hybridized carbons (Fsp3) is 1.00. The van der Waals surface area contributed by atoms with Gasteiger partial charge >= 0.3 is 0 Å². The summed E-state index contributed by atoms with van der Waals surface area (Å²) >= 11 is 0. The molecule has 1 heterocycles. The van der Waals surface area contributed by atoms with Gasteiger partial charge in [0.1, 0.15) is 12.2 Å². The molecule has 0 bridgehead atoms. The van der Waals surface area contributed by atoms with Crippen molar-refractivity contribution in [2.45, 2.75) is 40.2 Å². The highest BCUT2D eigenvalue weighted by molar-refractivity contribution is 4.80. The van der Waals surface area contributed by atoms with E-state index in [9.17, 15) is 0 Å². The normalized spacial score (nSPS) is 26.5. The molecule has 0 N–H and O–H groups in total. The number of nitrogens with zero attached hydrogens (tertiary/aromatic N) is 2. The molecule has 0 aromatic carbocycles. The van der Waals surface area contributed by atoms with Gasteiger partial charge in [-0.2, -0.15) is 0 Å². The van der Waals surface area contributed by atoms with Crippen molar-refractivity contribution in [2.75, 3.05) is 32.8 Å². The molecule has 0 unspecified atom stereocenters. The third kappa shape index (κ3) is 1.62. The molecule has 1 aliphatic rings. The maximum atomic E-state index is 2.58. The molecule has 1 saturated heterocycles. The number of likely N-dealkylation sites (N-methyl/N-ethyl adjacent to an activating group) is 2. The number of hydrogen-bond acceptors (Lipinski definition) is 1. The van der Waals surface area contributed by atoms with Crippen LogP contribution in [0.1, 0.15) is 34.6 Å². The van der Waals surface area contributed by atoms with Gasteiger partial charge in [0, 0.05) is 6.54 Å². The van der Waals surface area contributed by atoms with Crippen molar-refractivity contribution in [1.82, 2.24) is 4.90 Å². The van der Waals surface area contributed by atoms with Crippen LogP contribution < -0.4 is 0 Å². The van der Waals surface area contributed by atoms with E-state index in [1.807, 2.05) is 0 Å². The predicted octanol–water partition coefficient (Wildman–Crippen LogP) is 1.91. The largest absolute Gasteiger partial charge is 0.306 e. The van der Waals surface area contributed by atoms with Crippen molar-refractivity contribution in [3.8, 4) is 0 Å². The van der Waals surface area contributed by atoms with Gasteiger partial charge in [-0.15, -0.1) is 0 Å². The van der Waals surface area contributed by atoms with Crippen LogP contribution in [0.4, 0.5) is 0 Å². The molecular formula is C11H25N2+. The van der Waals surface area contributed by atoms with Crippen LogP contribution in [0.5, 0.6) is 0 Å². The van der Waals surface area contributed by atoms with E-state index in [1.54, 1.807) is 0 Å². The first-order chi connectivity index (χ1) is 6.01. The van der Waals surface area contributed by atoms with Crippen LogP contribution in [0, 0.1) is 0 Å². The van der Waals surface area contributed by atoms with Gasteiger partial charge in [-0.05, 0) is 27.7 Å². The van der Waals surface area contributed by atoms with Crippen LogP contribution in [0.15, 0.2) is 0 Å². The summed E-state index contributed by atoms with van der Waals surface area (Å²) in [6.45, 7) is 18.0. The van der Waals surface area contributed by atoms with E-state index in [4.69, 9.17) is 0 Å². The number of hydrogen-bond donors (Lipinski definition) is 0. The Morgan fingerprint density at radius 2 is 1.69 bits per heavy atom. The van der Waals surface area contributed by atoms with Crippen LogP contribution in [0.25, 0.3) is 0 Å². The fourth-order valence-corrected chi connectivity index (χ4v) is 2.81. The summed E-state index contributed by atoms with van der Waals surface area (Å²) in [5.41, 5.74) is 0.444. The summed E-state index contributed by atoms with van der Waals surface area (Å²) in [6.07, 6.45) is 0. The van der Waals surface area contributed by atoms with Gasteiger partial charge in [-0.1, -0.05) is 6.92 Å². The van der Waals surface area contributed by atoms with E-state index in [2.05, 4.69) is 39.5 Å². The standard InChI is InChI=1S/C11H25N2/c1-6-12-9-11(4,5)13(7-2,8-3)10-12/h6-10H2,1-5H3/q+1. The Labute approximate surface area is 83.1 Å². The van der Waals surface area contributed by atoms with Gasteiger partial charge in [-0.3, -0.25) is 4.90 Å². The van der Waals surface area contributed by atoms with E-state index in [0.717, 1.165) is 0 Å². The molecule has 0 aromatic rings. The van der Waals surface area contributed by atoms with Crippen molar-refractivity contribution < 1.29 is 4.48 Å². The second-order valence-corrected chi connectivity index (χ2v) is 4.88. The van der Waals surface area contributed by atoms with Gasteiger partial charge in [-0.25, -0.2) is 0 Å². The van der Waals surface area contributed by atoms with Crippen LogP contribution in [-0.4, -0.2) is 47.8 Å². The van der Waals surface area contributed by atoms with Crippen molar-refractivity contribution in [3.05, 3.63) is 0 Å². The average molecular weight is 185 g/mol. The lowest BCUT2D eigenvalue weighted by Gasteiger charge is -2.43. The zero-order valence-corrected chi connectivity index (χ0v) is 9.93. The summed E-state index contributed by atoms with van der Waals surface area (Å²) in [5.74, 6) is 0. The zero-order valence-electron chi connectivity index (χ0n) is 9.93. The summed E-state index contributed by atoms with van der Waals surface area (Å²) < 4.78 is 1.26. The molecule has 0 aromatic heterocycles. The van der Waals surface area contributed by atoms with Gasteiger partial charge < -0.3 is 4.48 Å². The second-order valence-electron chi connectivity index (χ2n) is 4.88. The molecular weight excluding hydrogens is 160 g/mol. The molecule has 0 amide bonds. The number of rotatable bonds is 3. The van der Waals surface area contributed by atoms with Gasteiger partial charge in [0.05, 0.1) is 19.6 Å². The molecule has 1 rings (SSSR count). The monoisotopic (exact) mass is 185 g/mol. The SMILES string of the molecule is CCN1CC(C)(C)[N+](CC)(CC)C1. The minimum atomic E-state index is 0.444. The molecule has 2 nitrogen and oxygen atoms in total. The van der Waals surface area contributed by atoms with Gasteiger partial charge in [0.25, 0.3) is 0 Å². The predicted molar refractivity (Wildman–Crippen MR) is 57.5 cm³/mol. The Morgan fingerprint density at radius 3 is 1.92 bits per heavy atom. The Balaban J connectivity index is 2.84. The number of quaternary nitrogens is 1. The Morgan fingerprint density at radius 1 is 1.15 bits per heavy atom. The molecule has 2 heteroatoms. The van der Waals surface area contributed by atoms with E-state index in [0.29, 0.717) is 5.54 Å².